The van der Waals surface area contributed by atoms with Crippen LogP contribution < -0.4 is 60.8 Å². The minimum atomic E-state index is -5.69. The zero-order valence-electron chi connectivity index (χ0n) is 5.11. The Balaban J connectivity index is -0.0000000457. The second-order valence-electron chi connectivity index (χ2n) is 0.792. The zero-order chi connectivity index (χ0) is 9.00. The molecule has 0 radical (unpaired) electrons. The van der Waals surface area contributed by atoms with Gasteiger partial charge in [-0.25, -0.2) is 0 Å². The van der Waals surface area contributed by atoms with Gasteiger partial charge in [-0.15, -0.1) is 0 Å². The predicted octanol–water partition coefficient (Wildman–Crippen LogP) is -14.6. The van der Waals surface area contributed by atoms with Crippen LogP contribution in [0.2, 0.25) is 0 Å². The van der Waals surface area contributed by atoms with E-state index in [1.54, 1.807) is 0 Å². The quantitative estimate of drug-likeness (QED) is 0.228. The number of hydrogen-bond donors (Lipinski definition) is 2. The van der Waals surface area contributed by atoms with Gasteiger partial charge >= 0.3 is 100 Å². The minimum Gasteiger partial charge on any atom is -0.256 e. The summed E-state index contributed by atoms with van der Waals surface area (Å²) in [6.07, 6.45) is 0. The van der Waals surface area contributed by atoms with Crippen molar-refractivity contribution in [2.45, 2.75) is 0 Å². The molecular weight excluding hydrogens is 530 g/mol. The van der Waals surface area contributed by atoms with Gasteiger partial charge in [-0.1, -0.05) is 0 Å². The molecule has 0 aromatic carbocycles. The second-order valence-corrected chi connectivity index (χ2v) is 5.31. The van der Waals surface area contributed by atoms with Gasteiger partial charge in [0.15, 0.2) is 0 Å². The van der Waals surface area contributed by atoms with Crippen LogP contribution in [-0.2, 0) is 22.4 Å². The van der Waals surface area contributed by atoms with Crippen molar-refractivity contribution in [1.29, 1.82) is 0 Å². The SMILES string of the molecule is [Ag+].[Ca+2].[O-][I+3]([O-])([O-])O.[O-][I+3]([O-])([O-])O. The van der Waals surface area contributed by atoms with Gasteiger partial charge < -0.3 is 0 Å². The zero-order valence-corrected chi connectivity index (χ0v) is 13.1. The van der Waals surface area contributed by atoms with Crippen molar-refractivity contribution >= 4 is 37.7 Å². The Kier molecular flexibility index (Phi) is 21.7. The summed E-state index contributed by atoms with van der Waals surface area (Å²) in [6.45, 7) is 0. The first-order valence-corrected chi connectivity index (χ1v) is 8.48. The molecule has 12 heavy (non-hydrogen) atoms. The fourth-order valence-electron chi connectivity index (χ4n) is 0. The van der Waals surface area contributed by atoms with Crippen molar-refractivity contribution in [2.24, 2.45) is 0 Å². The molecule has 0 spiro atoms. The molecule has 0 saturated carbocycles. The number of rotatable bonds is 0. The molecule has 0 amide bonds. The van der Waals surface area contributed by atoms with E-state index in [9.17, 15) is 0 Å². The largest absolute Gasteiger partial charge is 2.00 e. The monoisotopic (exact) mass is 531 g/mol. The van der Waals surface area contributed by atoms with E-state index < -0.39 is 40.2 Å². The molecule has 8 nitrogen and oxygen atoms in total. The molecule has 0 fully saturated rings. The standard InChI is InChI=1S/Ag.Ca.2HIO4/c;;2*2-1(3,4)5/h;;2*2H/q+1;+2;;. The topological polar surface area (TPSA) is 179 Å². The maximum absolute atomic E-state index is 8.73. The van der Waals surface area contributed by atoms with Crippen LogP contribution in [-0.4, -0.2) is 44.6 Å². The molecule has 0 aliphatic carbocycles. The van der Waals surface area contributed by atoms with Crippen molar-refractivity contribution in [3.05, 3.63) is 0 Å². The van der Waals surface area contributed by atoms with Crippen LogP contribution in [0.4, 0.5) is 0 Å². The van der Waals surface area contributed by atoms with E-state index in [2.05, 4.69) is 0 Å². The Morgan fingerprint density at radius 1 is 0.667 bits per heavy atom. The Morgan fingerprint density at radius 3 is 0.667 bits per heavy atom. The minimum absolute atomic E-state index is 0. The van der Waals surface area contributed by atoms with Gasteiger partial charge in [-0.2, -0.15) is 0 Å². The molecule has 2 N–H and O–H groups in total. The van der Waals surface area contributed by atoms with E-state index in [0.717, 1.165) is 0 Å². The first-order valence-electron chi connectivity index (χ1n) is 1.26. The molecule has 0 aliphatic rings. The van der Waals surface area contributed by atoms with Crippen molar-refractivity contribution in [1.82, 2.24) is 0 Å². The third kappa shape index (κ3) is 196. The molecule has 12 heteroatoms. The molecule has 0 aromatic rings. The van der Waals surface area contributed by atoms with Crippen LogP contribution in [0.15, 0.2) is 0 Å². The molecule has 0 heterocycles. The van der Waals surface area contributed by atoms with Crippen LogP contribution in [0, 0.1) is 0 Å². The first-order chi connectivity index (χ1) is 4.00. The Bertz CT molecular complexity index is 60.0. The number of hydrogen-bond acceptors (Lipinski definition) is 8. The van der Waals surface area contributed by atoms with Gasteiger partial charge in [0.25, 0.3) is 0 Å². The Morgan fingerprint density at radius 2 is 0.667 bits per heavy atom. The summed E-state index contributed by atoms with van der Waals surface area (Å²) in [6, 6.07) is 0. The van der Waals surface area contributed by atoms with Gasteiger partial charge in [0.1, 0.15) is 0 Å². The molecular formula is H2AgCaI2O8+3. The van der Waals surface area contributed by atoms with E-state index in [1.165, 1.54) is 0 Å². The molecule has 0 bridgehead atoms. The summed E-state index contributed by atoms with van der Waals surface area (Å²) in [5.74, 6) is 0. The van der Waals surface area contributed by atoms with Crippen molar-refractivity contribution < 1.29 is 90.1 Å². The third-order valence-corrected chi connectivity index (χ3v) is 0. The van der Waals surface area contributed by atoms with E-state index in [1.807, 2.05) is 0 Å². The summed E-state index contributed by atoms with van der Waals surface area (Å²) in [4.78, 5) is 0. The van der Waals surface area contributed by atoms with Gasteiger partial charge in [0, 0.05) is 6.87 Å². The summed E-state index contributed by atoms with van der Waals surface area (Å²) in [5.41, 5.74) is 0. The molecule has 0 atom stereocenters. The predicted molar refractivity (Wildman–Crippen MR) is 10.2 cm³/mol. The van der Waals surface area contributed by atoms with Crippen LogP contribution in [0.3, 0.4) is 0 Å². The van der Waals surface area contributed by atoms with Crippen LogP contribution >= 0.6 is 0 Å². The van der Waals surface area contributed by atoms with Crippen LogP contribution in [0.5, 0.6) is 0 Å². The first kappa shape index (κ1) is 24.4. The second kappa shape index (κ2) is 10.7. The van der Waals surface area contributed by atoms with Crippen LogP contribution in [0.1, 0.15) is 0 Å². The van der Waals surface area contributed by atoms with Crippen molar-refractivity contribution in [3.8, 4) is 0 Å². The van der Waals surface area contributed by atoms with E-state index in [4.69, 9.17) is 27.5 Å². The van der Waals surface area contributed by atoms with Crippen molar-refractivity contribution in [3.63, 3.8) is 0 Å². The van der Waals surface area contributed by atoms with Gasteiger partial charge in [-0.05, 0) is 0 Å². The average molecular weight is 532 g/mol. The average Bonchev–Trinajstić information content (AvgIpc) is 1.12. The summed E-state index contributed by atoms with van der Waals surface area (Å²) in [7, 11) is 0. The smallest absolute Gasteiger partial charge is 0.256 e. The molecule has 74 valence electrons. The van der Waals surface area contributed by atoms with E-state index >= 15 is 0 Å². The normalized spacial score (nSPS) is 10.0. The molecule has 0 aliphatic heterocycles. The van der Waals surface area contributed by atoms with Gasteiger partial charge in [-0.3, -0.25) is 20.6 Å². The summed E-state index contributed by atoms with van der Waals surface area (Å²) >= 11 is -11.4. The third-order valence-electron chi connectivity index (χ3n) is 0. The maximum Gasteiger partial charge on any atom is 2.00 e. The fraction of sp³-hybridized carbons (Fsp3) is 0. The molecule has 0 aromatic heterocycles. The van der Waals surface area contributed by atoms with Gasteiger partial charge in [0.05, 0.1) is 0 Å². The molecule has 0 saturated heterocycles. The Labute approximate surface area is 125 Å². The number of halogens is 2. The maximum atomic E-state index is 8.73. The molecule has 0 rings (SSSR count). The van der Waals surface area contributed by atoms with Crippen molar-refractivity contribution in [2.75, 3.05) is 0 Å². The van der Waals surface area contributed by atoms with E-state index in [-0.39, 0.29) is 60.1 Å². The summed E-state index contributed by atoms with van der Waals surface area (Å²) < 4.78 is 66.4. The fourth-order valence-corrected chi connectivity index (χ4v) is 0. The summed E-state index contributed by atoms with van der Waals surface area (Å²) in [5, 5.41) is 0. The van der Waals surface area contributed by atoms with Crippen LogP contribution in [0.25, 0.3) is 0 Å². The molecule has 0 unspecified atom stereocenters. The Hall–Kier alpha value is 3.14. The van der Waals surface area contributed by atoms with Gasteiger partial charge in [0.2, 0.25) is 0 Å². The van der Waals surface area contributed by atoms with E-state index in [0.29, 0.717) is 0 Å².